The average Bonchev–Trinajstić information content (AvgIpc) is 2.37. The quantitative estimate of drug-likeness (QED) is 0.883. The lowest BCUT2D eigenvalue weighted by molar-refractivity contribution is 0.0901. The molecule has 0 radical (unpaired) electrons. The molecule has 2 N–H and O–H groups in total. The Kier molecular flexibility index (Phi) is 3.81. The number of fused-ring (bicyclic) bond motifs is 1. The highest BCUT2D eigenvalue weighted by Gasteiger charge is 2.21. The fourth-order valence-electron chi connectivity index (χ4n) is 2.02. The summed E-state index contributed by atoms with van der Waals surface area (Å²) in [6.07, 6.45) is 2.22. The van der Waals surface area contributed by atoms with E-state index in [0.717, 1.165) is 10.9 Å². The molecule has 1 heterocycles. The second-order valence-electron chi connectivity index (χ2n) is 5.19. The molecule has 100 valence electrons. The molecule has 0 atom stereocenters. The Hall–Kier alpha value is -1.94. The molecule has 4 heteroatoms. The van der Waals surface area contributed by atoms with Crippen molar-refractivity contribution in [1.29, 1.82) is 0 Å². The van der Waals surface area contributed by atoms with Gasteiger partial charge in [-0.05, 0) is 38.5 Å². The van der Waals surface area contributed by atoms with Crippen LogP contribution >= 0.6 is 0 Å². The molecular weight excluding hydrogens is 240 g/mol. The number of benzene rings is 1. The van der Waals surface area contributed by atoms with Gasteiger partial charge in [0.2, 0.25) is 0 Å². The number of aliphatic hydroxyl groups excluding tert-OH is 1. The molecule has 2 aromatic rings. The lowest BCUT2D eigenvalue weighted by Crippen LogP contribution is -2.44. The molecule has 0 unspecified atom stereocenters. The highest BCUT2D eigenvalue weighted by atomic mass is 16.3. The van der Waals surface area contributed by atoms with E-state index in [1.807, 2.05) is 38.1 Å². The minimum atomic E-state index is -0.434. The van der Waals surface area contributed by atoms with Gasteiger partial charge < -0.3 is 10.4 Å². The van der Waals surface area contributed by atoms with E-state index in [-0.39, 0.29) is 12.5 Å². The normalized spacial score (nSPS) is 11.5. The lowest BCUT2D eigenvalue weighted by Gasteiger charge is -2.25. The molecule has 0 spiro atoms. The van der Waals surface area contributed by atoms with E-state index in [1.165, 1.54) is 0 Å². The molecule has 0 saturated carbocycles. The summed E-state index contributed by atoms with van der Waals surface area (Å²) in [4.78, 5) is 16.6. The Labute approximate surface area is 112 Å². The molecule has 0 bridgehead atoms. The van der Waals surface area contributed by atoms with Crippen molar-refractivity contribution in [2.45, 2.75) is 25.8 Å². The van der Waals surface area contributed by atoms with Gasteiger partial charge in [-0.2, -0.15) is 0 Å². The highest BCUT2D eigenvalue weighted by Crippen LogP contribution is 2.18. The maximum Gasteiger partial charge on any atom is 0.252 e. The van der Waals surface area contributed by atoms with Gasteiger partial charge in [-0.1, -0.05) is 12.1 Å². The predicted octanol–water partition coefficient (Wildman–Crippen LogP) is 2.13. The van der Waals surface area contributed by atoms with Crippen LogP contribution in [0, 0.1) is 0 Å². The summed E-state index contributed by atoms with van der Waals surface area (Å²) in [7, 11) is 0. The Morgan fingerprint density at radius 1 is 1.32 bits per heavy atom. The van der Waals surface area contributed by atoms with Crippen molar-refractivity contribution in [2.75, 3.05) is 6.61 Å². The maximum absolute atomic E-state index is 12.3. The zero-order valence-electron chi connectivity index (χ0n) is 11.2. The maximum atomic E-state index is 12.3. The van der Waals surface area contributed by atoms with Crippen LogP contribution < -0.4 is 5.32 Å². The molecule has 2 rings (SSSR count). The summed E-state index contributed by atoms with van der Waals surface area (Å²) in [5, 5.41) is 12.8. The van der Waals surface area contributed by atoms with Gasteiger partial charge in [0.1, 0.15) is 0 Å². The molecule has 0 aliphatic heterocycles. The van der Waals surface area contributed by atoms with E-state index in [2.05, 4.69) is 10.3 Å². The van der Waals surface area contributed by atoms with Crippen molar-refractivity contribution in [1.82, 2.24) is 10.3 Å². The van der Waals surface area contributed by atoms with Crippen LogP contribution in [0.25, 0.3) is 10.9 Å². The Morgan fingerprint density at radius 3 is 2.84 bits per heavy atom. The molecule has 19 heavy (non-hydrogen) atoms. The summed E-state index contributed by atoms with van der Waals surface area (Å²) in [5.74, 6) is -0.142. The molecule has 4 nitrogen and oxygen atoms in total. The SMILES string of the molecule is CC(C)(CCO)NC(=O)c1cccc2ncccc12. The first kappa shape index (κ1) is 13.5. The second-order valence-corrected chi connectivity index (χ2v) is 5.19. The van der Waals surface area contributed by atoms with Gasteiger partial charge >= 0.3 is 0 Å². The Bertz CT molecular complexity index is 588. The van der Waals surface area contributed by atoms with Crippen molar-refractivity contribution in [3.05, 3.63) is 42.1 Å². The molecule has 1 aromatic carbocycles. The van der Waals surface area contributed by atoms with Gasteiger partial charge in [0, 0.05) is 29.3 Å². The summed E-state index contributed by atoms with van der Waals surface area (Å²) in [6, 6.07) is 9.19. The zero-order valence-corrected chi connectivity index (χ0v) is 11.2. The van der Waals surface area contributed by atoms with Crippen LogP contribution in [0.1, 0.15) is 30.6 Å². The van der Waals surface area contributed by atoms with Gasteiger partial charge in [-0.15, -0.1) is 0 Å². The summed E-state index contributed by atoms with van der Waals surface area (Å²) in [5.41, 5.74) is 0.975. The number of nitrogens with zero attached hydrogens (tertiary/aromatic N) is 1. The fraction of sp³-hybridized carbons (Fsp3) is 0.333. The summed E-state index contributed by atoms with van der Waals surface area (Å²) >= 11 is 0. The van der Waals surface area contributed by atoms with Crippen LogP contribution in [0.2, 0.25) is 0 Å². The summed E-state index contributed by atoms with van der Waals surface area (Å²) < 4.78 is 0. The smallest absolute Gasteiger partial charge is 0.252 e. The third kappa shape index (κ3) is 3.09. The van der Waals surface area contributed by atoms with E-state index in [4.69, 9.17) is 5.11 Å². The lowest BCUT2D eigenvalue weighted by atomic mass is 9.99. The number of carbonyl (C=O) groups is 1. The van der Waals surface area contributed by atoms with Crippen molar-refractivity contribution in [3.63, 3.8) is 0 Å². The molecule has 1 amide bonds. The summed E-state index contributed by atoms with van der Waals surface area (Å²) in [6.45, 7) is 3.83. The first-order valence-corrected chi connectivity index (χ1v) is 6.31. The van der Waals surface area contributed by atoms with E-state index in [9.17, 15) is 4.79 Å². The van der Waals surface area contributed by atoms with Gasteiger partial charge in [-0.3, -0.25) is 9.78 Å². The number of aromatic nitrogens is 1. The van der Waals surface area contributed by atoms with Gasteiger partial charge in [0.25, 0.3) is 5.91 Å². The number of carbonyl (C=O) groups excluding carboxylic acids is 1. The van der Waals surface area contributed by atoms with Crippen molar-refractivity contribution >= 4 is 16.8 Å². The van der Waals surface area contributed by atoms with Gasteiger partial charge in [0.05, 0.1) is 5.52 Å². The number of aliphatic hydroxyl groups is 1. The average molecular weight is 258 g/mol. The van der Waals surface area contributed by atoms with Crippen LogP contribution in [0.5, 0.6) is 0 Å². The standard InChI is InChI=1S/C15H18N2O2/c1-15(2,8-10-18)17-14(19)12-5-3-7-13-11(12)6-4-9-16-13/h3-7,9,18H,8,10H2,1-2H3,(H,17,19). The number of amides is 1. The second kappa shape index (κ2) is 5.36. The molecule has 1 aromatic heterocycles. The largest absolute Gasteiger partial charge is 0.396 e. The van der Waals surface area contributed by atoms with Crippen LogP contribution in [-0.4, -0.2) is 28.1 Å². The third-order valence-electron chi connectivity index (χ3n) is 3.08. The molecule has 0 saturated heterocycles. The van der Waals surface area contributed by atoms with Crippen molar-refractivity contribution in [2.24, 2.45) is 0 Å². The molecule has 0 aliphatic rings. The minimum absolute atomic E-state index is 0.0460. The minimum Gasteiger partial charge on any atom is -0.396 e. The number of hydrogen-bond donors (Lipinski definition) is 2. The van der Waals surface area contributed by atoms with Gasteiger partial charge in [-0.25, -0.2) is 0 Å². The zero-order chi connectivity index (χ0) is 13.9. The monoisotopic (exact) mass is 258 g/mol. The predicted molar refractivity (Wildman–Crippen MR) is 75.0 cm³/mol. The van der Waals surface area contributed by atoms with E-state index in [0.29, 0.717) is 12.0 Å². The molecule has 0 aliphatic carbocycles. The number of hydrogen-bond acceptors (Lipinski definition) is 3. The topological polar surface area (TPSA) is 62.2 Å². The number of nitrogens with one attached hydrogen (secondary N) is 1. The van der Waals surface area contributed by atoms with Crippen LogP contribution in [0.4, 0.5) is 0 Å². The molecular formula is C15H18N2O2. The van der Waals surface area contributed by atoms with E-state index in [1.54, 1.807) is 12.3 Å². The first-order valence-electron chi connectivity index (χ1n) is 6.31. The molecule has 0 fully saturated rings. The van der Waals surface area contributed by atoms with Crippen molar-refractivity contribution < 1.29 is 9.90 Å². The first-order chi connectivity index (χ1) is 9.03. The van der Waals surface area contributed by atoms with E-state index >= 15 is 0 Å². The Balaban J connectivity index is 2.32. The van der Waals surface area contributed by atoms with Crippen LogP contribution in [-0.2, 0) is 0 Å². The number of rotatable bonds is 4. The fourth-order valence-corrected chi connectivity index (χ4v) is 2.02. The highest BCUT2D eigenvalue weighted by molar-refractivity contribution is 6.06. The Morgan fingerprint density at radius 2 is 2.11 bits per heavy atom. The van der Waals surface area contributed by atoms with Crippen LogP contribution in [0.15, 0.2) is 36.5 Å². The third-order valence-corrected chi connectivity index (χ3v) is 3.08. The van der Waals surface area contributed by atoms with Gasteiger partial charge in [0.15, 0.2) is 0 Å². The van der Waals surface area contributed by atoms with E-state index < -0.39 is 5.54 Å². The van der Waals surface area contributed by atoms with Crippen molar-refractivity contribution in [3.8, 4) is 0 Å². The van der Waals surface area contributed by atoms with Crippen LogP contribution in [0.3, 0.4) is 0 Å². The number of pyridine rings is 1.